The molecule has 0 saturated heterocycles. The Bertz CT molecular complexity index is 1070. The molecule has 6 heteroatoms. The van der Waals surface area contributed by atoms with Gasteiger partial charge in [-0.05, 0) is 43.9 Å². The van der Waals surface area contributed by atoms with Gasteiger partial charge in [-0.25, -0.2) is 4.98 Å². The molecular formula is C24H27N3O2S. The summed E-state index contributed by atoms with van der Waals surface area (Å²) in [5, 5.41) is 3.98. The van der Waals surface area contributed by atoms with Crippen LogP contribution < -0.4 is 10.9 Å². The maximum absolute atomic E-state index is 13.2. The number of thioether (sulfide) groups is 1. The Morgan fingerprint density at radius 3 is 2.60 bits per heavy atom. The first-order chi connectivity index (χ1) is 14.6. The van der Waals surface area contributed by atoms with E-state index in [9.17, 15) is 9.59 Å². The van der Waals surface area contributed by atoms with Gasteiger partial charge in [-0.2, -0.15) is 0 Å². The third-order valence-electron chi connectivity index (χ3n) is 5.67. The number of nitrogens with one attached hydrogen (secondary N) is 1. The number of amides is 1. The maximum atomic E-state index is 13.2. The summed E-state index contributed by atoms with van der Waals surface area (Å²) in [7, 11) is 0. The minimum absolute atomic E-state index is 0.00619. The molecule has 5 nitrogen and oxygen atoms in total. The van der Waals surface area contributed by atoms with Crippen LogP contribution in [0.2, 0.25) is 0 Å². The molecule has 1 aliphatic rings. The van der Waals surface area contributed by atoms with E-state index >= 15 is 0 Å². The zero-order valence-electron chi connectivity index (χ0n) is 17.2. The quantitative estimate of drug-likeness (QED) is 0.455. The largest absolute Gasteiger partial charge is 0.355 e. The number of rotatable bonds is 7. The van der Waals surface area contributed by atoms with Gasteiger partial charge in [0.2, 0.25) is 5.91 Å². The molecule has 1 aromatic heterocycles. The van der Waals surface area contributed by atoms with Crippen molar-refractivity contribution in [3.63, 3.8) is 0 Å². The van der Waals surface area contributed by atoms with E-state index in [-0.39, 0.29) is 22.8 Å². The average Bonchev–Trinajstić information content (AvgIpc) is 3.29. The molecule has 3 aromatic rings. The summed E-state index contributed by atoms with van der Waals surface area (Å²) in [5.41, 5.74) is 1.90. The lowest BCUT2D eigenvalue weighted by molar-refractivity contribution is -0.120. The second-order valence-corrected chi connectivity index (χ2v) is 9.12. The molecule has 1 N–H and O–H groups in total. The van der Waals surface area contributed by atoms with Gasteiger partial charge in [0, 0.05) is 12.6 Å². The van der Waals surface area contributed by atoms with Gasteiger partial charge in [0.15, 0.2) is 5.16 Å². The molecule has 0 spiro atoms. The van der Waals surface area contributed by atoms with Gasteiger partial charge in [-0.3, -0.25) is 14.2 Å². The molecule has 30 heavy (non-hydrogen) atoms. The predicted molar refractivity (Wildman–Crippen MR) is 122 cm³/mol. The molecule has 1 saturated carbocycles. The van der Waals surface area contributed by atoms with Crippen LogP contribution in [-0.2, 0) is 11.2 Å². The SMILES string of the molecule is C[C@@H](Sc1nc2ccccc2c(=O)n1C1CCCC1)C(=O)NCCc1ccccc1. The summed E-state index contributed by atoms with van der Waals surface area (Å²) in [6.07, 6.45) is 5.04. The molecule has 1 heterocycles. The Labute approximate surface area is 180 Å². The van der Waals surface area contributed by atoms with Crippen molar-refractivity contribution in [2.75, 3.05) is 6.54 Å². The van der Waals surface area contributed by atoms with Gasteiger partial charge in [-0.1, -0.05) is 67.1 Å². The monoisotopic (exact) mass is 421 g/mol. The summed E-state index contributed by atoms with van der Waals surface area (Å²) in [6.45, 7) is 2.47. The van der Waals surface area contributed by atoms with Gasteiger partial charge >= 0.3 is 0 Å². The number of benzene rings is 2. The first-order valence-electron chi connectivity index (χ1n) is 10.6. The predicted octanol–water partition coefficient (Wildman–Crippen LogP) is 4.35. The number of carbonyl (C=O) groups excluding carboxylic acids is 1. The maximum Gasteiger partial charge on any atom is 0.262 e. The number of carbonyl (C=O) groups is 1. The zero-order valence-corrected chi connectivity index (χ0v) is 18.0. The summed E-state index contributed by atoms with van der Waals surface area (Å²) >= 11 is 1.38. The highest BCUT2D eigenvalue weighted by molar-refractivity contribution is 8.00. The number of hydrogen-bond donors (Lipinski definition) is 1. The minimum Gasteiger partial charge on any atom is -0.355 e. The summed E-state index contributed by atoms with van der Waals surface area (Å²) < 4.78 is 1.84. The van der Waals surface area contributed by atoms with Crippen molar-refractivity contribution in [3.05, 3.63) is 70.5 Å². The van der Waals surface area contributed by atoms with Crippen LogP contribution in [0.5, 0.6) is 0 Å². The number of fused-ring (bicyclic) bond motifs is 1. The van der Waals surface area contributed by atoms with E-state index in [2.05, 4.69) is 17.4 Å². The Morgan fingerprint density at radius 2 is 1.83 bits per heavy atom. The van der Waals surface area contributed by atoms with Crippen LogP contribution in [0.4, 0.5) is 0 Å². The molecule has 4 rings (SSSR count). The van der Waals surface area contributed by atoms with Crippen LogP contribution in [0.15, 0.2) is 64.5 Å². The molecular weight excluding hydrogens is 394 g/mol. The van der Waals surface area contributed by atoms with Crippen molar-refractivity contribution in [2.24, 2.45) is 0 Å². The minimum atomic E-state index is -0.332. The zero-order chi connectivity index (χ0) is 20.9. The van der Waals surface area contributed by atoms with Crippen LogP contribution in [0.1, 0.15) is 44.2 Å². The fraction of sp³-hybridized carbons (Fsp3) is 0.375. The second kappa shape index (κ2) is 9.47. The average molecular weight is 422 g/mol. The molecule has 0 unspecified atom stereocenters. The fourth-order valence-electron chi connectivity index (χ4n) is 4.02. The van der Waals surface area contributed by atoms with Crippen LogP contribution >= 0.6 is 11.8 Å². The summed E-state index contributed by atoms with van der Waals surface area (Å²) in [5.74, 6) is -0.0312. The van der Waals surface area contributed by atoms with Crippen molar-refractivity contribution in [3.8, 4) is 0 Å². The van der Waals surface area contributed by atoms with Crippen LogP contribution in [0.25, 0.3) is 10.9 Å². The molecule has 2 aromatic carbocycles. The van der Waals surface area contributed by atoms with Crippen LogP contribution in [0, 0.1) is 0 Å². The molecule has 1 fully saturated rings. The van der Waals surface area contributed by atoms with E-state index in [4.69, 9.17) is 4.98 Å². The van der Waals surface area contributed by atoms with Crippen molar-refractivity contribution in [2.45, 2.75) is 55.5 Å². The second-order valence-electron chi connectivity index (χ2n) is 7.81. The van der Waals surface area contributed by atoms with Gasteiger partial charge in [0.25, 0.3) is 5.56 Å². The highest BCUT2D eigenvalue weighted by Gasteiger charge is 2.25. The molecule has 0 bridgehead atoms. The standard InChI is InChI=1S/C24H27N3O2S/c1-17(22(28)25-16-15-18-9-3-2-4-10-18)30-24-26-21-14-8-7-13-20(21)23(29)27(24)19-11-5-6-12-19/h2-4,7-10,13-14,17,19H,5-6,11-12,15-16H2,1H3,(H,25,28)/t17-/m1/s1. The van der Waals surface area contributed by atoms with Crippen molar-refractivity contribution < 1.29 is 4.79 Å². The van der Waals surface area contributed by atoms with E-state index in [1.54, 1.807) is 0 Å². The van der Waals surface area contributed by atoms with E-state index in [0.717, 1.165) is 32.1 Å². The van der Waals surface area contributed by atoms with E-state index in [1.165, 1.54) is 17.3 Å². The Morgan fingerprint density at radius 1 is 1.13 bits per heavy atom. The van der Waals surface area contributed by atoms with Gasteiger partial charge < -0.3 is 5.32 Å². The summed E-state index contributed by atoms with van der Waals surface area (Å²) in [6, 6.07) is 17.8. The van der Waals surface area contributed by atoms with Crippen molar-refractivity contribution in [1.82, 2.24) is 14.9 Å². The Hall–Kier alpha value is -2.60. The van der Waals surface area contributed by atoms with Crippen LogP contribution in [-0.4, -0.2) is 27.3 Å². The first kappa shape index (κ1) is 20.7. The van der Waals surface area contributed by atoms with Gasteiger partial charge in [0.05, 0.1) is 16.2 Å². The first-order valence-corrected chi connectivity index (χ1v) is 11.5. The number of para-hydroxylation sites is 1. The molecule has 0 radical (unpaired) electrons. The third-order valence-corrected chi connectivity index (χ3v) is 6.74. The number of nitrogens with zero attached hydrogens (tertiary/aromatic N) is 2. The lowest BCUT2D eigenvalue weighted by Crippen LogP contribution is -2.33. The highest BCUT2D eigenvalue weighted by atomic mass is 32.2. The van der Waals surface area contributed by atoms with E-state index in [1.807, 2.05) is 54.0 Å². The highest BCUT2D eigenvalue weighted by Crippen LogP contribution is 2.33. The van der Waals surface area contributed by atoms with Crippen LogP contribution in [0.3, 0.4) is 0 Å². The lowest BCUT2D eigenvalue weighted by Gasteiger charge is -2.20. The van der Waals surface area contributed by atoms with Crippen molar-refractivity contribution in [1.29, 1.82) is 0 Å². The Balaban J connectivity index is 1.51. The molecule has 1 aliphatic carbocycles. The number of hydrogen-bond acceptors (Lipinski definition) is 4. The summed E-state index contributed by atoms with van der Waals surface area (Å²) in [4.78, 5) is 30.7. The van der Waals surface area contributed by atoms with Gasteiger partial charge in [0.1, 0.15) is 0 Å². The Kier molecular flexibility index (Phi) is 6.53. The third kappa shape index (κ3) is 4.59. The van der Waals surface area contributed by atoms with Gasteiger partial charge in [-0.15, -0.1) is 0 Å². The van der Waals surface area contributed by atoms with E-state index in [0.29, 0.717) is 22.6 Å². The van der Waals surface area contributed by atoms with Crippen molar-refractivity contribution >= 4 is 28.6 Å². The fourth-order valence-corrected chi connectivity index (χ4v) is 5.03. The molecule has 156 valence electrons. The molecule has 1 atom stereocenters. The molecule has 1 amide bonds. The normalized spacial score (nSPS) is 15.4. The molecule has 0 aliphatic heterocycles. The topological polar surface area (TPSA) is 64.0 Å². The lowest BCUT2D eigenvalue weighted by atomic mass is 10.1. The van der Waals surface area contributed by atoms with E-state index < -0.39 is 0 Å². The smallest absolute Gasteiger partial charge is 0.262 e. The number of aromatic nitrogens is 2.